The Labute approximate surface area is 116 Å². The number of ether oxygens (including phenoxy) is 2. The molecular weight excluding hydrogens is 244 g/mol. The minimum absolute atomic E-state index is 0.211. The Kier molecular flexibility index (Phi) is 6.75. The van der Waals surface area contributed by atoms with E-state index in [2.05, 4.69) is 17.3 Å². The molecule has 1 N–H and O–H groups in total. The average Bonchev–Trinajstić information content (AvgIpc) is 2.45. The molecule has 0 aromatic rings. The smallest absolute Gasteiger partial charge is 0.325 e. The van der Waals surface area contributed by atoms with Crippen LogP contribution in [0.3, 0.4) is 0 Å². The maximum absolute atomic E-state index is 11.7. The first kappa shape index (κ1) is 16.4. The molecule has 1 fully saturated rings. The van der Waals surface area contributed by atoms with Gasteiger partial charge in [-0.05, 0) is 46.7 Å². The topological polar surface area (TPSA) is 50.8 Å². The largest absolute Gasteiger partial charge is 0.468 e. The molecular formula is C14H28N2O3. The monoisotopic (exact) mass is 272 g/mol. The molecule has 1 aliphatic heterocycles. The van der Waals surface area contributed by atoms with Gasteiger partial charge in [0.25, 0.3) is 0 Å². The molecule has 1 aliphatic rings. The van der Waals surface area contributed by atoms with E-state index in [-0.39, 0.29) is 5.97 Å². The van der Waals surface area contributed by atoms with Gasteiger partial charge >= 0.3 is 5.97 Å². The van der Waals surface area contributed by atoms with Crippen LogP contribution in [-0.4, -0.2) is 63.4 Å². The zero-order valence-electron chi connectivity index (χ0n) is 12.7. The van der Waals surface area contributed by atoms with Crippen molar-refractivity contribution in [3.63, 3.8) is 0 Å². The fraction of sp³-hybridized carbons (Fsp3) is 0.929. The second-order valence-corrected chi connectivity index (χ2v) is 5.57. The molecule has 0 saturated carbocycles. The Morgan fingerprint density at radius 2 is 2.26 bits per heavy atom. The van der Waals surface area contributed by atoms with Gasteiger partial charge in [0.15, 0.2) is 0 Å². The van der Waals surface area contributed by atoms with Crippen molar-refractivity contribution in [1.82, 2.24) is 10.2 Å². The summed E-state index contributed by atoms with van der Waals surface area (Å²) in [5.74, 6) is -0.211. The van der Waals surface area contributed by atoms with Gasteiger partial charge in [0.2, 0.25) is 0 Å². The fourth-order valence-electron chi connectivity index (χ4n) is 2.36. The van der Waals surface area contributed by atoms with Crippen molar-refractivity contribution in [2.75, 3.05) is 40.9 Å². The molecule has 0 spiro atoms. The van der Waals surface area contributed by atoms with E-state index in [4.69, 9.17) is 9.47 Å². The number of nitrogens with zero attached hydrogens (tertiary/aromatic N) is 1. The lowest BCUT2D eigenvalue weighted by Crippen LogP contribution is -2.50. The van der Waals surface area contributed by atoms with Crippen molar-refractivity contribution in [2.45, 2.75) is 44.2 Å². The van der Waals surface area contributed by atoms with Crippen LogP contribution in [0, 0.1) is 0 Å². The number of methoxy groups -OCH3 is 1. The molecule has 5 nitrogen and oxygen atoms in total. The van der Waals surface area contributed by atoms with Crippen LogP contribution in [0.1, 0.15) is 32.6 Å². The average molecular weight is 272 g/mol. The number of carbonyl (C=O) groups is 1. The summed E-state index contributed by atoms with van der Waals surface area (Å²) >= 11 is 0. The Balaban J connectivity index is 2.34. The molecule has 2 atom stereocenters. The highest BCUT2D eigenvalue weighted by molar-refractivity contribution is 5.80. The van der Waals surface area contributed by atoms with Crippen molar-refractivity contribution in [3.05, 3.63) is 0 Å². The summed E-state index contributed by atoms with van der Waals surface area (Å²) in [6.45, 7) is 4.53. The third kappa shape index (κ3) is 5.09. The van der Waals surface area contributed by atoms with Gasteiger partial charge in [-0.15, -0.1) is 0 Å². The van der Waals surface area contributed by atoms with Gasteiger partial charge in [0, 0.05) is 19.7 Å². The van der Waals surface area contributed by atoms with Crippen LogP contribution in [0.15, 0.2) is 0 Å². The van der Waals surface area contributed by atoms with E-state index in [1.807, 2.05) is 6.92 Å². The highest BCUT2D eigenvalue weighted by Crippen LogP contribution is 2.15. The van der Waals surface area contributed by atoms with Crippen molar-refractivity contribution >= 4 is 5.97 Å². The molecule has 0 amide bonds. The SMILES string of the molecule is CNC(C)(CCN(C)CC1CCCCO1)C(=O)OC. The van der Waals surface area contributed by atoms with Crippen LogP contribution in [-0.2, 0) is 14.3 Å². The minimum atomic E-state index is -0.615. The number of esters is 1. The lowest BCUT2D eigenvalue weighted by molar-refractivity contribution is -0.148. The standard InChI is InChI=1S/C14H28N2O3/c1-14(15-2,13(17)18-4)8-9-16(3)11-12-7-5-6-10-19-12/h12,15H,5-11H2,1-4H3. The molecule has 19 heavy (non-hydrogen) atoms. The summed E-state index contributed by atoms with van der Waals surface area (Å²) in [5, 5.41) is 3.06. The maximum atomic E-state index is 11.7. The van der Waals surface area contributed by atoms with Crippen LogP contribution in [0.25, 0.3) is 0 Å². The third-order valence-corrected chi connectivity index (χ3v) is 3.97. The number of hydrogen-bond donors (Lipinski definition) is 1. The highest BCUT2D eigenvalue weighted by Gasteiger charge is 2.32. The molecule has 0 aromatic carbocycles. The van der Waals surface area contributed by atoms with E-state index in [1.54, 1.807) is 7.05 Å². The molecule has 0 bridgehead atoms. The predicted octanol–water partition coefficient (Wildman–Crippen LogP) is 1.03. The molecule has 112 valence electrons. The third-order valence-electron chi connectivity index (χ3n) is 3.97. The summed E-state index contributed by atoms with van der Waals surface area (Å²) in [5.41, 5.74) is -0.615. The second-order valence-electron chi connectivity index (χ2n) is 5.57. The molecule has 0 aromatic heterocycles. The van der Waals surface area contributed by atoms with Gasteiger partial charge < -0.3 is 19.7 Å². The molecule has 1 saturated heterocycles. The van der Waals surface area contributed by atoms with Gasteiger partial charge in [-0.1, -0.05) is 0 Å². The van der Waals surface area contributed by atoms with Crippen molar-refractivity contribution < 1.29 is 14.3 Å². The zero-order valence-corrected chi connectivity index (χ0v) is 12.7. The molecule has 0 radical (unpaired) electrons. The van der Waals surface area contributed by atoms with Crippen LogP contribution in [0.2, 0.25) is 0 Å². The predicted molar refractivity (Wildman–Crippen MR) is 75.2 cm³/mol. The van der Waals surface area contributed by atoms with Crippen LogP contribution in [0.4, 0.5) is 0 Å². The highest BCUT2D eigenvalue weighted by atomic mass is 16.5. The number of carbonyl (C=O) groups excluding carboxylic acids is 1. The Hall–Kier alpha value is -0.650. The normalized spacial score (nSPS) is 23.1. The summed E-state index contributed by atoms with van der Waals surface area (Å²) in [4.78, 5) is 14.0. The molecule has 2 unspecified atom stereocenters. The van der Waals surface area contributed by atoms with Gasteiger partial charge in [0.1, 0.15) is 5.54 Å². The first-order valence-corrected chi connectivity index (χ1v) is 7.09. The van der Waals surface area contributed by atoms with Crippen molar-refractivity contribution in [2.24, 2.45) is 0 Å². The zero-order chi connectivity index (χ0) is 14.3. The van der Waals surface area contributed by atoms with E-state index in [1.165, 1.54) is 20.0 Å². The van der Waals surface area contributed by atoms with Crippen molar-refractivity contribution in [3.8, 4) is 0 Å². The molecule has 1 heterocycles. The van der Waals surface area contributed by atoms with Crippen LogP contribution >= 0.6 is 0 Å². The van der Waals surface area contributed by atoms with E-state index in [0.717, 1.165) is 32.5 Å². The minimum Gasteiger partial charge on any atom is -0.468 e. The number of hydrogen-bond acceptors (Lipinski definition) is 5. The van der Waals surface area contributed by atoms with E-state index < -0.39 is 5.54 Å². The van der Waals surface area contributed by atoms with Crippen molar-refractivity contribution in [1.29, 1.82) is 0 Å². The van der Waals surface area contributed by atoms with E-state index in [9.17, 15) is 4.79 Å². The molecule has 1 rings (SSSR count). The molecule has 5 heteroatoms. The molecule has 0 aliphatic carbocycles. The quantitative estimate of drug-likeness (QED) is 0.702. The Morgan fingerprint density at radius 1 is 1.53 bits per heavy atom. The first-order chi connectivity index (χ1) is 9.01. The summed E-state index contributed by atoms with van der Waals surface area (Å²) in [6, 6.07) is 0. The first-order valence-electron chi connectivity index (χ1n) is 7.09. The fourth-order valence-corrected chi connectivity index (χ4v) is 2.36. The lowest BCUT2D eigenvalue weighted by atomic mass is 9.98. The summed E-state index contributed by atoms with van der Waals surface area (Å²) < 4.78 is 10.6. The van der Waals surface area contributed by atoms with Gasteiger partial charge in [-0.25, -0.2) is 0 Å². The lowest BCUT2D eigenvalue weighted by Gasteiger charge is -2.31. The van der Waals surface area contributed by atoms with Crippen LogP contribution < -0.4 is 5.32 Å². The Morgan fingerprint density at radius 3 is 2.79 bits per heavy atom. The number of likely N-dealkylation sites (N-methyl/N-ethyl adjacent to an activating group) is 2. The van der Waals surface area contributed by atoms with Crippen LogP contribution in [0.5, 0.6) is 0 Å². The van der Waals surface area contributed by atoms with Gasteiger partial charge in [0.05, 0.1) is 13.2 Å². The van der Waals surface area contributed by atoms with E-state index in [0.29, 0.717) is 6.10 Å². The van der Waals surface area contributed by atoms with E-state index >= 15 is 0 Å². The number of rotatable bonds is 7. The Bertz CT molecular complexity index is 280. The maximum Gasteiger partial charge on any atom is 0.325 e. The number of nitrogens with one attached hydrogen (secondary N) is 1. The van der Waals surface area contributed by atoms with Gasteiger partial charge in [-0.2, -0.15) is 0 Å². The van der Waals surface area contributed by atoms with Gasteiger partial charge in [-0.3, -0.25) is 4.79 Å². The second kappa shape index (κ2) is 7.82. The summed E-state index contributed by atoms with van der Waals surface area (Å²) in [7, 11) is 5.30. The summed E-state index contributed by atoms with van der Waals surface area (Å²) in [6.07, 6.45) is 4.65.